The zero-order valence-electron chi connectivity index (χ0n) is 14.3. The van der Waals surface area contributed by atoms with Gasteiger partial charge in [0, 0.05) is 13.8 Å². The summed E-state index contributed by atoms with van der Waals surface area (Å²) < 4.78 is 0. The fourth-order valence-electron chi connectivity index (χ4n) is 2.02. The summed E-state index contributed by atoms with van der Waals surface area (Å²) in [5.41, 5.74) is 1.39. The highest BCUT2D eigenvalue weighted by Gasteiger charge is 2.25. The van der Waals surface area contributed by atoms with Gasteiger partial charge in [0.1, 0.15) is 18.1 Å². The van der Waals surface area contributed by atoms with Gasteiger partial charge in [-0.1, -0.05) is 0 Å². The van der Waals surface area contributed by atoms with Crippen molar-refractivity contribution < 1.29 is 34.3 Å². The van der Waals surface area contributed by atoms with Crippen LogP contribution in [0.3, 0.4) is 0 Å². The fourth-order valence-corrected chi connectivity index (χ4v) is 2.02. The van der Waals surface area contributed by atoms with E-state index in [4.69, 9.17) is 10.3 Å². The average molecular weight is 360 g/mol. The molecule has 25 heavy (non-hydrogen) atoms. The highest BCUT2D eigenvalue weighted by Crippen LogP contribution is 2.06. The summed E-state index contributed by atoms with van der Waals surface area (Å²) in [6, 6.07) is -3.12. The molecule has 3 atom stereocenters. The summed E-state index contributed by atoms with van der Waals surface area (Å²) in [6.07, 6.45) is 0.378. The van der Waals surface area contributed by atoms with Gasteiger partial charge in [0.15, 0.2) is 0 Å². The van der Waals surface area contributed by atoms with E-state index in [1.54, 1.807) is 0 Å². The van der Waals surface area contributed by atoms with Crippen LogP contribution in [0.15, 0.2) is 0 Å². The Morgan fingerprint density at radius 3 is 1.76 bits per heavy atom. The summed E-state index contributed by atoms with van der Waals surface area (Å²) in [5, 5.41) is 24.5. The van der Waals surface area contributed by atoms with Gasteiger partial charge in [0.05, 0.1) is 0 Å². The second-order valence-corrected chi connectivity index (χ2v) is 5.48. The van der Waals surface area contributed by atoms with Gasteiger partial charge in [0.2, 0.25) is 17.7 Å². The van der Waals surface area contributed by atoms with Gasteiger partial charge in [-0.3, -0.25) is 24.4 Å². The molecule has 0 spiro atoms. The zero-order valence-corrected chi connectivity index (χ0v) is 14.3. The topological polar surface area (TPSA) is 174 Å². The van der Waals surface area contributed by atoms with Crippen LogP contribution in [0.5, 0.6) is 0 Å². The Labute approximate surface area is 144 Å². The predicted molar refractivity (Wildman–Crippen MR) is 84.2 cm³/mol. The van der Waals surface area contributed by atoms with Crippen LogP contribution in [0.4, 0.5) is 0 Å². The Morgan fingerprint density at radius 2 is 1.32 bits per heavy atom. The van der Waals surface area contributed by atoms with Crippen LogP contribution in [0, 0.1) is 0 Å². The molecule has 0 radical (unpaired) electrons. The first-order valence-electron chi connectivity index (χ1n) is 7.59. The number of rotatable bonds is 10. The summed E-state index contributed by atoms with van der Waals surface area (Å²) >= 11 is 0. The number of carbonyl (C=O) groups excluding carboxylic acids is 4. The highest BCUT2D eigenvalue weighted by atomic mass is 16.5. The number of carboxylic acids is 1. The molecule has 0 heterocycles. The Bertz CT molecular complexity index is 523. The van der Waals surface area contributed by atoms with E-state index in [0.29, 0.717) is 0 Å². The molecular formula is C14H24N4O7. The molecule has 0 bridgehead atoms. The molecule has 11 heteroatoms. The van der Waals surface area contributed by atoms with Crippen LogP contribution in [0.2, 0.25) is 0 Å². The summed E-state index contributed by atoms with van der Waals surface area (Å²) in [5.74, 6) is -3.66. The first-order chi connectivity index (χ1) is 11.6. The third-order valence-corrected chi connectivity index (χ3v) is 3.22. The van der Waals surface area contributed by atoms with E-state index in [2.05, 4.69) is 16.0 Å². The minimum Gasteiger partial charge on any atom is -0.480 e. The van der Waals surface area contributed by atoms with Crippen molar-refractivity contribution in [1.82, 2.24) is 21.4 Å². The molecule has 11 nitrogen and oxygen atoms in total. The maximum absolute atomic E-state index is 12.1. The molecule has 0 unspecified atom stereocenters. The molecule has 0 aliphatic carbocycles. The second-order valence-electron chi connectivity index (χ2n) is 5.48. The van der Waals surface area contributed by atoms with Gasteiger partial charge in [-0.15, -0.1) is 0 Å². The lowest BCUT2D eigenvalue weighted by Gasteiger charge is -2.21. The maximum Gasteiger partial charge on any atom is 0.326 e. The Morgan fingerprint density at radius 1 is 0.840 bits per heavy atom. The van der Waals surface area contributed by atoms with Crippen LogP contribution < -0.4 is 21.4 Å². The Balaban J connectivity index is 4.74. The third-order valence-electron chi connectivity index (χ3n) is 3.22. The molecule has 0 aromatic heterocycles. The molecule has 0 fully saturated rings. The second kappa shape index (κ2) is 11.0. The molecule has 0 aromatic rings. The summed E-state index contributed by atoms with van der Waals surface area (Å²) in [4.78, 5) is 56.6. The Kier molecular flexibility index (Phi) is 9.79. The molecule has 0 aromatic carbocycles. The molecule has 0 aliphatic heterocycles. The minimum absolute atomic E-state index is 0.0605. The maximum atomic E-state index is 12.1. The van der Waals surface area contributed by atoms with Crippen molar-refractivity contribution >= 4 is 29.6 Å². The predicted octanol–water partition coefficient (Wildman–Crippen LogP) is -1.74. The lowest BCUT2D eigenvalue weighted by molar-refractivity contribution is -0.141. The number of carbonyl (C=O) groups is 5. The number of hydrogen-bond acceptors (Lipinski definition) is 6. The lowest BCUT2D eigenvalue weighted by atomic mass is 10.0. The van der Waals surface area contributed by atoms with E-state index in [1.807, 2.05) is 0 Å². The molecular weight excluding hydrogens is 336 g/mol. The van der Waals surface area contributed by atoms with Crippen molar-refractivity contribution in [1.29, 1.82) is 0 Å². The quantitative estimate of drug-likeness (QED) is 0.198. The number of nitrogens with one attached hydrogen (secondary N) is 4. The van der Waals surface area contributed by atoms with Crippen LogP contribution in [-0.2, 0) is 24.0 Å². The number of hydrogen-bond donors (Lipinski definition) is 6. The van der Waals surface area contributed by atoms with E-state index in [0.717, 1.165) is 0 Å². The van der Waals surface area contributed by atoms with Gasteiger partial charge in [-0.25, -0.2) is 10.3 Å². The van der Waals surface area contributed by atoms with Gasteiger partial charge in [-0.2, -0.15) is 0 Å². The van der Waals surface area contributed by atoms with Crippen molar-refractivity contribution in [3.05, 3.63) is 0 Å². The van der Waals surface area contributed by atoms with Crippen molar-refractivity contribution in [3.63, 3.8) is 0 Å². The van der Waals surface area contributed by atoms with Crippen molar-refractivity contribution in [2.75, 3.05) is 0 Å². The monoisotopic (exact) mass is 360 g/mol. The fraction of sp³-hybridized carbons (Fsp3) is 0.643. The SMILES string of the molecule is CC(=O)N[C@@H](CCC[C@@H](NC(C)=O)C(=O)O)C(=O)N[C@H](C)C(=O)NO. The van der Waals surface area contributed by atoms with Crippen LogP contribution in [0.1, 0.15) is 40.0 Å². The minimum atomic E-state index is -1.20. The summed E-state index contributed by atoms with van der Waals surface area (Å²) in [7, 11) is 0. The van der Waals surface area contributed by atoms with Gasteiger partial charge < -0.3 is 21.1 Å². The van der Waals surface area contributed by atoms with E-state index in [9.17, 15) is 24.0 Å². The molecule has 6 N–H and O–H groups in total. The number of hydroxylamine groups is 1. The third kappa shape index (κ3) is 9.25. The lowest BCUT2D eigenvalue weighted by Crippen LogP contribution is -2.52. The molecule has 142 valence electrons. The standard InChI is InChI=1S/C14H24N4O7/c1-7(12(21)18-25)15-13(22)10(16-8(2)19)5-4-6-11(14(23)24)17-9(3)20/h7,10-11,25H,4-6H2,1-3H3,(H,15,22)(H,16,19)(H,17,20)(H,18,21)(H,23,24)/t7-,10+,11-/m1/s1. The van der Waals surface area contributed by atoms with Crippen molar-refractivity contribution in [2.24, 2.45) is 0 Å². The molecule has 0 saturated heterocycles. The van der Waals surface area contributed by atoms with Crippen molar-refractivity contribution in [3.8, 4) is 0 Å². The molecule has 4 amide bonds. The van der Waals surface area contributed by atoms with Crippen LogP contribution in [0.25, 0.3) is 0 Å². The first-order valence-corrected chi connectivity index (χ1v) is 7.59. The van der Waals surface area contributed by atoms with Gasteiger partial charge >= 0.3 is 5.97 Å². The summed E-state index contributed by atoms with van der Waals surface area (Å²) in [6.45, 7) is 3.74. The van der Waals surface area contributed by atoms with Gasteiger partial charge in [0.25, 0.3) is 5.91 Å². The highest BCUT2D eigenvalue weighted by molar-refractivity contribution is 5.91. The average Bonchev–Trinajstić information content (AvgIpc) is 2.50. The molecule has 0 rings (SSSR count). The van der Waals surface area contributed by atoms with Crippen LogP contribution >= 0.6 is 0 Å². The Hall–Kier alpha value is -2.69. The largest absolute Gasteiger partial charge is 0.480 e. The zero-order chi connectivity index (χ0) is 19.6. The van der Waals surface area contributed by atoms with E-state index < -0.39 is 47.7 Å². The molecule has 0 aliphatic rings. The number of carboxylic acid groups (broad SMARTS) is 1. The van der Waals surface area contributed by atoms with Crippen molar-refractivity contribution in [2.45, 2.75) is 58.2 Å². The molecule has 0 saturated carbocycles. The van der Waals surface area contributed by atoms with Gasteiger partial charge in [-0.05, 0) is 26.2 Å². The van der Waals surface area contributed by atoms with E-state index in [1.165, 1.54) is 26.3 Å². The van der Waals surface area contributed by atoms with Crippen LogP contribution in [-0.4, -0.2) is 58.0 Å². The normalized spacial score (nSPS) is 13.8. The van der Waals surface area contributed by atoms with E-state index >= 15 is 0 Å². The first kappa shape index (κ1) is 22.3. The van der Waals surface area contributed by atoms with E-state index in [-0.39, 0.29) is 19.3 Å². The number of amides is 4. The smallest absolute Gasteiger partial charge is 0.326 e. The number of aliphatic carboxylic acids is 1.